The van der Waals surface area contributed by atoms with E-state index < -0.39 is 11.7 Å². The third-order valence-electron chi connectivity index (χ3n) is 3.17. The number of Topliss-reactive ketones (excluding diaryl/α,β-unsaturated/α-hetero) is 1. The summed E-state index contributed by atoms with van der Waals surface area (Å²) in [6, 6.07) is 3.68. The second-order valence-electron chi connectivity index (χ2n) is 4.55. The molecule has 0 saturated heterocycles. The minimum absolute atomic E-state index is 0.124. The number of aromatic nitrogens is 3. The molecule has 0 atom stereocenters. The van der Waals surface area contributed by atoms with Crippen LogP contribution in [0.5, 0.6) is 0 Å². The average Bonchev–Trinajstić information content (AvgIpc) is 2.83. The van der Waals surface area contributed by atoms with E-state index >= 15 is 0 Å². The number of pyridine rings is 1. The molecule has 0 N–H and O–H groups in total. The molecule has 19 heavy (non-hydrogen) atoms. The number of nitrogens with zero attached hydrogens (tertiary/aromatic N) is 4. The Kier molecular flexibility index (Phi) is 2.45. The number of likely N-dealkylation sites (N-methyl/N-ethyl adjacent to an activating group) is 1. The van der Waals surface area contributed by atoms with Gasteiger partial charge in [0.25, 0.3) is 5.91 Å². The van der Waals surface area contributed by atoms with Gasteiger partial charge in [0.15, 0.2) is 0 Å². The molecule has 1 amide bonds. The van der Waals surface area contributed by atoms with Gasteiger partial charge in [-0.2, -0.15) is 5.10 Å². The SMILES string of the molecule is CN1C(=O)C(=O)Cc2ccc(-c3cnn(C)c3)nc21. The van der Waals surface area contributed by atoms with Crippen LogP contribution in [0.2, 0.25) is 0 Å². The Morgan fingerprint density at radius 3 is 2.68 bits per heavy atom. The van der Waals surface area contributed by atoms with E-state index in [1.807, 2.05) is 25.4 Å². The Bertz CT molecular complexity index is 690. The number of hydrogen-bond acceptors (Lipinski definition) is 4. The standard InChI is InChI=1S/C13H12N4O2/c1-16-7-9(6-14-16)10-4-3-8-5-11(18)13(19)17(2)12(8)15-10/h3-4,6-7H,5H2,1-2H3. The number of ketones is 1. The topological polar surface area (TPSA) is 68.1 Å². The number of anilines is 1. The highest BCUT2D eigenvalue weighted by atomic mass is 16.2. The molecule has 0 saturated carbocycles. The van der Waals surface area contributed by atoms with Crippen LogP contribution in [0.1, 0.15) is 5.56 Å². The lowest BCUT2D eigenvalue weighted by atomic mass is 10.0. The first-order valence-electron chi connectivity index (χ1n) is 5.86. The van der Waals surface area contributed by atoms with Gasteiger partial charge < -0.3 is 0 Å². The zero-order chi connectivity index (χ0) is 13.6. The number of fused-ring (bicyclic) bond motifs is 1. The number of rotatable bonds is 1. The molecule has 0 aliphatic carbocycles. The highest BCUT2D eigenvalue weighted by molar-refractivity contribution is 6.43. The number of amides is 1. The Balaban J connectivity index is 2.09. The average molecular weight is 256 g/mol. The van der Waals surface area contributed by atoms with E-state index in [-0.39, 0.29) is 6.42 Å². The van der Waals surface area contributed by atoms with Crippen molar-refractivity contribution in [2.45, 2.75) is 6.42 Å². The molecule has 3 rings (SSSR count). The zero-order valence-electron chi connectivity index (χ0n) is 10.6. The lowest BCUT2D eigenvalue weighted by Crippen LogP contribution is -2.39. The van der Waals surface area contributed by atoms with Crippen molar-refractivity contribution in [3.63, 3.8) is 0 Å². The van der Waals surface area contributed by atoms with Crippen molar-refractivity contribution in [2.75, 3.05) is 11.9 Å². The molecule has 6 nitrogen and oxygen atoms in total. The van der Waals surface area contributed by atoms with Gasteiger partial charge in [0, 0.05) is 37.8 Å². The summed E-state index contributed by atoms with van der Waals surface area (Å²) in [5.41, 5.74) is 2.39. The maximum atomic E-state index is 11.7. The number of hydrogen-bond donors (Lipinski definition) is 0. The molecule has 0 radical (unpaired) electrons. The quantitative estimate of drug-likeness (QED) is 0.699. The number of carbonyl (C=O) groups excluding carboxylic acids is 2. The molecular formula is C13H12N4O2. The van der Waals surface area contributed by atoms with Crippen LogP contribution in [-0.4, -0.2) is 33.5 Å². The number of aryl methyl sites for hydroxylation is 1. The molecule has 2 aromatic heterocycles. The smallest absolute Gasteiger partial charge is 0.293 e. The van der Waals surface area contributed by atoms with Crippen LogP contribution < -0.4 is 4.90 Å². The first-order chi connectivity index (χ1) is 9.06. The molecule has 0 spiro atoms. The van der Waals surface area contributed by atoms with E-state index in [9.17, 15) is 9.59 Å². The zero-order valence-corrected chi connectivity index (χ0v) is 10.6. The lowest BCUT2D eigenvalue weighted by molar-refractivity contribution is -0.136. The summed E-state index contributed by atoms with van der Waals surface area (Å²) in [7, 11) is 3.40. The second kappa shape index (κ2) is 4.01. The maximum Gasteiger partial charge on any atom is 0.295 e. The number of carbonyl (C=O) groups is 2. The fraction of sp³-hybridized carbons (Fsp3) is 0.231. The fourth-order valence-electron chi connectivity index (χ4n) is 2.15. The monoisotopic (exact) mass is 256 g/mol. The molecule has 96 valence electrons. The van der Waals surface area contributed by atoms with E-state index in [1.165, 1.54) is 4.90 Å². The Morgan fingerprint density at radius 1 is 1.21 bits per heavy atom. The van der Waals surface area contributed by atoms with Gasteiger partial charge in [-0.25, -0.2) is 4.98 Å². The van der Waals surface area contributed by atoms with Gasteiger partial charge in [0.05, 0.1) is 11.9 Å². The van der Waals surface area contributed by atoms with E-state index in [1.54, 1.807) is 17.9 Å². The van der Waals surface area contributed by atoms with Crippen LogP contribution >= 0.6 is 0 Å². The summed E-state index contributed by atoms with van der Waals surface area (Å²) in [6.07, 6.45) is 3.69. The van der Waals surface area contributed by atoms with Crippen LogP contribution in [0.4, 0.5) is 5.82 Å². The molecular weight excluding hydrogens is 244 g/mol. The third kappa shape index (κ3) is 1.81. The van der Waals surface area contributed by atoms with Gasteiger partial charge in [-0.1, -0.05) is 6.07 Å². The molecule has 0 bridgehead atoms. The molecule has 0 fully saturated rings. The van der Waals surface area contributed by atoms with Crippen LogP contribution in [0.15, 0.2) is 24.5 Å². The van der Waals surface area contributed by atoms with Crippen molar-refractivity contribution in [1.82, 2.24) is 14.8 Å². The summed E-state index contributed by atoms with van der Waals surface area (Å²) < 4.78 is 1.69. The van der Waals surface area contributed by atoms with Crippen molar-refractivity contribution in [3.05, 3.63) is 30.1 Å². The van der Waals surface area contributed by atoms with Crippen LogP contribution in [0, 0.1) is 0 Å². The van der Waals surface area contributed by atoms with Gasteiger partial charge in [-0.3, -0.25) is 19.2 Å². The normalized spacial score (nSPS) is 14.7. The van der Waals surface area contributed by atoms with Crippen LogP contribution in [0.3, 0.4) is 0 Å². The van der Waals surface area contributed by atoms with Crippen molar-refractivity contribution < 1.29 is 9.59 Å². The van der Waals surface area contributed by atoms with E-state index in [4.69, 9.17) is 0 Å². The van der Waals surface area contributed by atoms with E-state index in [0.29, 0.717) is 5.82 Å². The summed E-state index contributed by atoms with van der Waals surface area (Å²) in [5, 5.41) is 4.09. The van der Waals surface area contributed by atoms with Crippen molar-refractivity contribution in [1.29, 1.82) is 0 Å². The Hall–Kier alpha value is -2.50. The van der Waals surface area contributed by atoms with Gasteiger partial charge in [-0.15, -0.1) is 0 Å². The van der Waals surface area contributed by atoms with E-state index in [2.05, 4.69) is 10.1 Å². The predicted octanol–water partition coefficient (Wildman–Crippen LogP) is 0.570. The molecule has 1 aliphatic rings. The van der Waals surface area contributed by atoms with Crippen molar-refractivity contribution in [2.24, 2.45) is 7.05 Å². The van der Waals surface area contributed by atoms with Crippen molar-refractivity contribution in [3.8, 4) is 11.3 Å². The third-order valence-corrected chi connectivity index (χ3v) is 3.17. The summed E-state index contributed by atoms with van der Waals surface area (Å²) in [6.45, 7) is 0. The van der Waals surface area contributed by atoms with Gasteiger partial charge in [0.1, 0.15) is 5.82 Å². The van der Waals surface area contributed by atoms with Gasteiger partial charge in [-0.05, 0) is 6.07 Å². The molecule has 2 aromatic rings. The fourth-order valence-corrected chi connectivity index (χ4v) is 2.15. The Morgan fingerprint density at radius 2 is 2.00 bits per heavy atom. The molecule has 3 heterocycles. The van der Waals surface area contributed by atoms with Gasteiger partial charge in [0.2, 0.25) is 5.78 Å². The largest absolute Gasteiger partial charge is 0.295 e. The molecule has 0 aromatic carbocycles. The first kappa shape index (κ1) is 11.6. The molecule has 6 heteroatoms. The van der Waals surface area contributed by atoms with Crippen LogP contribution in [0.25, 0.3) is 11.3 Å². The highest BCUT2D eigenvalue weighted by Gasteiger charge is 2.29. The van der Waals surface area contributed by atoms with Crippen molar-refractivity contribution >= 4 is 17.5 Å². The minimum Gasteiger partial charge on any atom is -0.293 e. The summed E-state index contributed by atoms with van der Waals surface area (Å²) in [4.78, 5) is 28.9. The molecule has 0 unspecified atom stereocenters. The highest BCUT2D eigenvalue weighted by Crippen LogP contribution is 2.27. The van der Waals surface area contributed by atoms with Crippen LogP contribution in [-0.2, 0) is 23.1 Å². The predicted molar refractivity (Wildman–Crippen MR) is 68.6 cm³/mol. The first-order valence-corrected chi connectivity index (χ1v) is 5.86. The van der Waals surface area contributed by atoms with Gasteiger partial charge >= 0.3 is 0 Å². The maximum absolute atomic E-state index is 11.7. The Labute approximate surface area is 109 Å². The van der Waals surface area contributed by atoms with E-state index in [0.717, 1.165) is 16.8 Å². The summed E-state index contributed by atoms with van der Waals surface area (Å²) in [5.74, 6) is -0.361. The lowest BCUT2D eigenvalue weighted by Gasteiger charge is -2.23. The summed E-state index contributed by atoms with van der Waals surface area (Å²) >= 11 is 0. The minimum atomic E-state index is -0.511. The second-order valence-corrected chi connectivity index (χ2v) is 4.55. The molecule has 1 aliphatic heterocycles.